The number of aliphatic imine (C=N–C) groups is 1. The van der Waals surface area contributed by atoms with Crippen LogP contribution in [0.1, 0.15) is 13.3 Å². The van der Waals surface area contributed by atoms with Crippen LogP contribution in [0.4, 0.5) is 11.4 Å². The lowest BCUT2D eigenvalue weighted by atomic mass is 10.2. The molecule has 3 N–H and O–H groups in total. The fourth-order valence-electron chi connectivity index (χ4n) is 2.24. The molecule has 1 aliphatic rings. The average molecular weight is 306 g/mol. The second-order valence-electron chi connectivity index (χ2n) is 4.73. The molecule has 0 unspecified atom stereocenters. The van der Waals surface area contributed by atoms with Gasteiger partial charge in [-0.2, -0.15) is 0 Å². The van der Waals surface area contributed by atoms with Crippen molar-refractivity contribution in [3.63, 3.8) is 0 Å². The number of rotatable bonds is 2. The van der Waals surface area contributed by atoms with Crippen molar-refractivity contribution in [2.75, 3.05) is 23.0 Å². The van der Waals surface area contributed by atoms with Gasteiger partial charge in [-0.25, -0.2) is 0 Å². The Hall–Kier alpha value is -2.02. The van der Waals surface area contributed by atoms with Crippen LogP contribution in [0.3, 0.4) is 0 Å². The summed E-state index contributed by atoms with van der Waals surface area (Å²) < 4.78 is 0. The molecule has 0 fully saturated rings. The van der Waals surface area contributed by atoms with Crippen LogP contribution in [0, 0.1) is 0 Å². The van der Waals surface area contributed by atoms with Crippen molar-refractivity contribution in [2.45, 2.75) is 19.4 Å². The molecule has 1 aliphatic heterocycles. The Kier molecular flexibility index (Phi) is 4.85. The second kappa shape index (κ2) is 6.62. The third-order valence-corrected chi connectivity index (χ3v) is 4.06. The molecule has 0 spiro atoms. The number of hydrogen-bond donors (Lipinski definition) is 2. The summed E-state index contributed by atoms with van der Waals surface area (Å²) in [7, 11) is 1.58. The van der Waals surface area contributed by atoms with Crippen LogP contribution in [0.5, 0.6) is 0 Å². The highest BCUT2D eigenvalue weighted by Crippen LogP contribution is 2.31. The standard InChI is InChI=1S/C14H18N4O2S/c1-9-7-12(19)17-10-5-3-4-6-11(10)18(9)13(20)8-21-14(15)16-2/h3-6,9H,7-8H2,1-2H3,(H2,15,16)(H,17,19)/t9-/m0/s1. The number of carbonyl (C=O) groups is 2. The Balaban J connectivity index is 2.28. The third kappa shape index (κ3) is 3.55. The van der Waals surface area contributed by atoms with Gasteiger partial charge in [0, 0.05) is 19.5 Å². The highest BCUT2D eigenvalue weighted by atomic mass is 32.2. The number of nitrogens with two attached hydrogens (primary N) is 1. The molecule has 0 radical (unpaired) electrons. The molecule has 1 heterocycles. The maximum absolute atomic E-state index is 12.5. The van der Waals surface area contributed by atoms with Gasteiger partial charge in [-0.05, 0) is 19.1 Å². The zero-order valence-corrected chi connectivity index (χ0v) is 12.8. The highest BCUT2D eigenvalue weighted by molar-refractivity contribution is 8.14. The molecule has 112 valence electrons. The van der Waals surface area contributed by atoms with Crippen LogP contribution < -0.4 is 16.0 Å². The molecule has 2 rings (SSSR count). The number of amides is 2. The molecule has 2 amide bonds. The van der Waals surface area contributed by atoms with Gasteiger partial charge in [0.1, 0.15) is 0 Å². The van der Waals surface area contributed by atoms with Crippen LogP contribution in [0.2, 0.25) is 0 Å². The van der Waals surface area contributed by atoms with Gasteiger partial charge in [-0.3, -0.25) is 14.6 Å². The number of hydrogen-bond acceptors (Lipinski definition) is 4. The van der Waals surface area contributed by atoms with Crippen LogP contribution in [-0.2, 0) is 9.59 Å². The van der Waals surface area contributed by atoms with Gasteiger partial charge < -0.3 is 16.0 Å². The van der Waals surface area contributed by atoms with Crippen molar-refractivity contribution in [2.24, 2.45) is 10.7 Å². The lowest BCUT2D eigenvalue weighted by Crippen LogP contribution is -2.40. The number of benzene rings is 1. The van der Waals surface area contributed by atoms with E-state index in [1.165, 1.54) is 11.8 Å². The summed E-state index contributed by atoms with van der Waals surface area (Å²) in [5.41, 5.74) is 6.98. The van der Waals surface area contributed by atoms with Gasteiger partial charge in [0.25, 0.3) is 0 Å². The number of nitrogens with one attached hydrogen (secondary N) is 1. The molecule has 1 aromatic carbocycles. The minimum absolute atomic E-state index is 0.0902. The summed E-state index contributed by atoms with van der Waals surface area (Å²) in [6, 6.07) is 7.09. The van der Waals surface area contributed by atoms with E-state index >= 15 is 0 Å². The largest absolute Gasteiger partial charge is 0.379 e. The second-order valence-corrected chi connectivity index (χ2v) is 5.73. The normalized spacial score (nSPS) is 18.8. The van der Waals surface area contributed by atoms with Crippen molar-refractivity contribution < 1.29 is 9.59 Å². The maximum Gasteiger partial charge on any atom is 0.237 e. The summed E-state index contributed by atoms with van der Waals surface area (Å²) in [4.78, 5) is 29.8. The van der Waals surface area contributed by atoms with Crippen LogP contribution >= 0.6 is 11.8 Å². The van der Waals surface area contributed by atoms with Gasteiger partial charge in [0.15, 0.2) is 5.17 Å². The van der Waals surface area contributed by atoms with E-state index < -0.39 is 0 Å². The molecular formula is C14H18N4O2S. The number of nitrogens with zero attached hydrogens (tertiary/aromatic N) is 2. The molecule has 21 heavy (non-hydrogen) atoms. The summed E-state index contributed by atoms with van der Waals surface area (Å²) in [6.07, 6.45) is 0.266. The monoisotopic (exact) mass is 306 g/mol. The lowest BCUT2D eigenvalue weighted by Gasteiger charge is -2.27. The first kappa shape index (κ1) is 15.4. The summed E-state index contributed by atoms with van der Waals surface area (Å²) in [6.45, 7) is 1.86. The first-order chi connectivity index (χ1) is 10.0. The molecule has 0 aromatic heterocycles. The predicted octanol–water partition coefficient (Wildman–Crippen LogP) is 1.43. The highest BCUT2D eigenvalue weighted by Gasteiger charge is 2.29. The Bertz CT molecular complexity index is 588. The maximum atomic E-state index is 12.5. The number of carbonyl (C=O) groups excluding carboxylic acids is 2. The predicted molar refractivity (Wildman–Crippen MR) is 86.6 cm³/mol. The first-order valence-electron chi connectivity index (χ1n) is 6.59. The Morgan fingerprint density at radius 2 is 2.24 bits per heavy atom. The molecule has 0 bridgehead atoms. The van der Waals surface area contributed by atoms with Crippen LogP contribution in [-0.4, -0.2) is 35.8 Å². The van der Waals surface area contributed by atoms with E-state index in [2.05, 4.69) is 10.3 Å². The molecule has 6 nitrogen and oxygen atoms in total. The van der Waals surface area contributed by atoms with Crippen molar-refractivity contribution in [1.29, 1.82) is 0 Å². The van der Waals surface area contributed by atoms with Crippen molar-refractivity contribution in [1.82, 2.24) is 0 Å². The Labute approximate surface area is 127 Å². The molecule has 0 aliphatic carbocycles. The molecular weight excluding hydrogens is 288 g/mol. The zero-order chi connectivity index (χ0) is 15.4. The fourth-order valence-corrected chi connectivity index (χ4v) is 2.78. The molecule has 0 saturated heterocycles. The topological polar surface area (TPSA) is 87.8 Å². The minimum Gasteiger partial charge on any atom is -0.379 e. The van der Waals surface area contributed by atoms with E-state index in [0.29, 0.717) is 16.5 Å². The number of para-hydroxylation sites is 2. The van der Waals surface area contributed by atoms with Gasteiger partial charge in [0.2, 0.25) is 11.8 Å². The molecule has 7 heteroatoms. The fraction of sp³-hybridized carbons (Fsp3) is 0.357. The van der Waals surface area contributed by atoms with Crippen molar-refractivity contribution >= 4 is 40.1 Å². The van der Waals surface area contributed by atoms with Gasteiger partial charge in [0.05, 0.1) is 17.1 Å². The summed E-state index contributed by atoms with van der Waals surface area (Å²) in [5.74, 6) is 0.00587. The van der Waals surface area contributed by atoms with Gasteiger partial charge in [-0.15, -0.1) is 0 Å². The van der Waals surface area contributed by atoms with Crippen molar-refractivity contribution in [3.8, 4) is 0 Å². The Morgan fingerprint density at radius 3 is 2.95 bits per heavy atom. The molecule has 0 saturated carbocycles. The first-order valence-corrected chi connectivity index (χ1v) is 7.57. The van der Waals surface area contributed by atoms with E-state index in [4.69, 9.17) is 5.73 Å². The minimum atomic E-state index is -0.207. The quantitative estimate of drug-likeness (QED) is 0.639. The SMILES string of the molecule is CN=C(N)SCC(=O)N1c2ccccc2NC(=O)C[C@@H]1C. The summed E-state index contributed by atoms with van der Waals surface area (Å²) >= 11 is 1.19. The van der Waals surface area contributed by atoms with Gasteiger partial charge in [-0.1, -0.05) is 23.9 Å². The number of amidine groups is 1. The van der Waals surface area contributed by atoms with Crippen molar-refractivity contribution in [3.05, 3.63) is 24.3 Å². The average Bonchev–Trinajstić information content (AvgIpc) is 2.58. The smallest absolute Gasteiger partial charge is 0.237 e. The summed E-state index contributed by atoms with van der Waals surface area (Å²) in [5, 5.41) is 3.19. The van der Waals surface area contributed by atoms with E-state index in [9.17, 15) is 9.59 Å². The molecule has 1 aromatic rings. The van der Waals surface area contributed by atoms with E-state index in [-0.39, 0.29) is 30.0 Å². The third-order valence-electron chi connectivity index (χ3n) is 3.19. The number of fused-ring (bicyclic) bond motifs is 1. The zero-order valence-electron chi connectivity index (χ0n) is 12.0. The van der Waals surface area contributed by atoms with E-state index in [1.807, 2.05) is 25.1 Å². The molecule has 1 atom stereocenters. The lowest BCUT2D eigenvalue weighted by molar-refractivity contribution is -0.117. The van der Waals surface area contributed by atoms with E-state index in [0.717, 1.165) is 0 Å². The Morgan fingerprint density at radius 1 is 1.52 bits per heavy atom. The van der Waals surface area contributed by atoms with Gasteiger partial charge >= 0.3 is 0 Å². The van der Waals surface area contributed by atoms with Crippen LogP contribution in [0.25, 0.3) is 0 Å². The van der Waals surface area contributed by atoms with Crippen LogP contribution in [0.15, 0.2) is 29.3 Å². The number of thioether (sulfide) groups is 1. The number of anilines is 2. The van der Waals surface area contributed by atoms with E-state index in [1.54, 1.807) is 18.0 Å².